The third-order valence-corrected chi connectivity index (χ3v) is 2.03. The van der Waals surface area contributed by atoms with Gasteiger partial charge in [-0.2, -0.15) is 0 Å². The number of nitrogens with zero attached hydrogens (tertiary/aromatic N) is 2. The molecule has 4 heteroatoms. The van der Waals surface area contributed by atoms with Crippen molar-refractivity contribution in [2.24, 2.45) is 0 Å². The molecule has 0 atom stereocenters. The summed E-state index contributed by atoms with van der Waals surface area (Å²) in [5.74, 6) is 1.22. The molecule has 0 saturated heterocycles. The Balaban J connectivity index is 2.64. The molecule has 78 valence electrons. The Morgan fingerprint density at radius 3 is 2.57 bits per heavy atom. The minimum Gasteiger partial charge on any atom is -0.382 e. The zero-order chi connectivity index (χ0) is 10.6. The van der Waals surface area contributed by atoms with Gasteiger partial charge in [0.05, 0.1) is 0 Å². The molecule has 3 N–H and O–H groups in total. The number of nitrogens with two attached hydrogens (primary N) is 1. The highest BCUT2D eigenvalue weighted by atomic mass is 15.2. The molecule has 1 heterocycles. The number of aromatic nitrogens is 2. The highest BCUT2D eigenvalue weighted by Gasteiger charge is 2.16. The third-order valence-electron chi connectivity index (χ3n) is 2.03. The zero-order valence-corrected chi connectivity index (χ0v) is 9.04. The quantitative estimate of drug-likeness (QED) is 0.770. The Hall–Kier alpha value is -1.32. The average Bonchev–Trinajstić information content (AvgIpc) is 2.08. The molecule has 0 aliphatic carbocycles. The van der Waals surface area contributed by atoms with Crippen LogP contribution < -0.4 is 11.1 Å². The Kier molecular flexibility index (Phi) is 3.28. The predicted octanol–water partition coefficient (Wildman–Crippen LogP) is 2.05. The van der Waals surface area contributed by atoms with Gasteiger partial charge in [-0.3, -0.25) is 0 Å². The molecule has 1 aromatic rings. The molecule has 0 unspecified atom stereocenters. The zero-order valence-electron chi connectivity index (χ0n) is 9.04. The van der Waals surface area contributed by atoms with Crippen molar-refractivity contribution in [2.75, 3.05) is 11.1 Å². The minimum atomic E-state index is 0.0551. The van der Waals surface area contributed by atoms with Gasteiger partial charge in [-0.25, -0.2) is 0 Å². The third kappa shape index (κ3) is 3.20. The van der Waals surface area contributed by atoms with E-state index in [0.29, 0.717) is 5.82 Å². The van der Waals surface area contributed by atoms with E-state index in [4.69, 9.17) is 5.73 Å². The van der Waals surface area contributed by atoms with E-state index in [1.54, 1.807) is 6.07 Å². The van der Waals surface area contributed by atoms with E-state index in [1.807, 2.05) is 6.07 Å². The van der Waals surface area contributed by atoms with E-state index in [9.17, 15) is 0 Å². The molecule has 0 radical (unpaired) electrons. The standard InChI is InChI=1S/C10H18N4/c1-4-7-10(2,3)12-9-6-5-8(11)13-14-9/h5-6H,4,7H2,1-3H3,(H2,11,13)(H,12,14). The summed E-state index contributed by atoms with van der Waals surface area (Å²) >= 11 is 0. The molecule has 0 aliphatic heterocycles. The lowest BCUT2D eigenvalue weighted by Crippen LogP contribution is -2.31. The van der Waals surface area contributed by atoms with Gasteiger partial charge < -0.3 is 11.1 Å². The molecule has 1 aromatic heterocycles. The molecule has 0 aliphatic rings. The molecule has 14 heavy (non-hydrogen) atoms. The van der Waals surface area contributed by atoms with Crippen LogP contribution in [0.25, 0.3) is 0 Å². The number of hydrogen-bond donors (Lipinski definition) is 2. The Labute approximate surface area is 84.9 Å². The van der Waals surface area contributed by atoms with E-state index < -0.39 is 0 Å². The van der Waals surface area contributed by atoms with Crippen LogP contribution in [0.3, 0.4) is 0 Å². The van der Waals surface area contributed by atoms with Crippen LogP contribution in [0.5, 0.6) is 0 Å². The van der Waals surface area contributed by atoms with Gasteiger partial charge in [-0.05, 0) is 32.4 Å². The lowest BCUT2D eigenvalue weighted by molar-refractivity contribution is 0.508. The second-order valence-electron chi connectivity index (χ2n) is 4.10. The number of rotatable bonds is 4. The molecule has 0 saturated carbocycles. The van der Waals surface area contributed by atoms with Gasteiger partial charge in [0.25, 0.3) is 0 Å². The average molecular weight is 194 g/mol. The monoisotopic (exact) mass is 194 g/mol. The molecule has 0 fully saturated rings. The Morgan fingerprint density at radius 1 is 1.36 bits per heavy atom. The summed E-state index contributed by atoms with van der Waals surface area (Å²) in [6.07, 6.45) is 2.24. The largest absolute Gasteiger partial charge is 0.382 e. The second-order valence-corrected chi connectivity index (χ2v) is 4.10. The van der Waals surface area contributed by atoms with E-state index in [-0.39, 0.29) is 5.54 Å². The van der Waals surface area contributed by atoms with Crippen molar-refractivity contribution in [1.29, 1.82) is 0 Å². The second kappa shape index (κ2) is 4.26. The van der Waals surface area contributed by atoms with Crippen molar-refractivity contribution >= 4 is 11.6 Å². The van der Waals surface area contributed by atoms with Crippen molar-refractivity contribution in [3.63, 3.8) is 0 Å². The van der Waals surface area contributed by atoms with Crippen molar-refractivity contribution in [3.8, 4) is 0 Å². The van der Waals surface area contributed by atoms with Crippen LogP contribution in [-0.2, 0) is 0 Å². The predicted molar refractivity (Wildman–Crippen MR) is 59.1 cm³/mol. The van der Waals surface area contributed by atoms with Crippen LogP contribution in [0.15, 0.2) is 12.1 Å². The maximum atomic E-state index is 5.45. The summed E-state index contributed by atoms with van der Waals surface area (Å²) in [4.78, 5) is 0. The highest BCUT2D eigenvalue weighted by Crippen LogP contribution is 2.17. The fraction of sp³-hybridized carbons (Fsp3) is 0.600. The first-order valence-electron chi connectivity index (χ1n) is 4.91. The fourth-order valence-electron chi connectivity index (χ4n) is 1.44. The molecule has 0 aromatic carbocycles. The van der Waals surface area contributed by atoms with Gasteiger partial charge in [-0.1, -0.05) is 13.3 Å². The van der Waals surface area contributed by atoms with Gasteiger partial charge in [0.2, 0.25) is 0 Å². The summed E-state index contributed by atoms with van der Waals surface area (Å²) in [7, 11) is 0. The lowest BCUT2D eigenvalue weighted by atomic mass is 9.99. The Bertz CT molecular complexity index is 279. The molecule has 0 bridgehead atoms. The SMILES string of the molecule is CCCC(C)(C)Nc1ccc(N)nn1. The number of nitrogen functional groups attached to an aromatic ring is 1. The van der Waals surface area contributed by atoms with Crippen molar-refractivity contribution in [3.05, 3.63) is 12.1 Å². The van der Waals surface area contributed by atoms with Gasteiger partial charge >= 0.3 is 0 Å². The van der Waals surface area contributed by atoms with Crippen molar-refractivity contribution in [2.45, 2.75) is 39.2 Å². The molecule has 4 nitrogen and oxygen atoms in total. The van der Waals surface area contributed by atoms with E-state index in [1.165, 1.54) is 0 Å². The summed E-state index contributed by atoms with van der Waals surface area (Å²) < 4.78 is 0. The van der Waals surface area contributed by atoms with Crippen LogP contribution in [0, 0.1) is 0 Å². The van der Waals surface area contributed by atoms with Gasteiger partial charge in [0.1, 0.15) is 11.6 Å². The fourth-order valence-corrected chi connectivity index (χ4v) is 1.44. The van der Waals surface area contributed by atoms with Gasteiger partial charge in [0.15, 0.2) is 0 Å². The number of hydrogen-bond acceptors (Lipinski definition) is 4. The smallest absolute Gasteiger partial charge is 0.149 e. The molecule has 1 rings (SSSR count). The minimum absolute atomic E-state index is 0.0551. The summed E-state index contributed by atoms with van der Waals surface area (Å²) in [6.45, 7) is 6.46. The lowest BCUT2D eigenvalue weighted by Gasteiger charge is -2.25. The first kappa shape index (κ1) is 10.8. The van der Waals surface area contributed by atoms with Crippen LogP contribution in [0.4, 0.5) is 11.6 Å². The maximum Gasteiger partial charge on any atom is 0.149 e. The van der Waals surface area contributed by atoms with Crippen molar-refractivity contribution in [1.82, 2.24) is 10.2 Å². The van der Waals surface area contributed by atoms with E-state index in [2.05, 4.69) is 36.3 Å². The number of anilines is 2. The van der Waals surface area contributed by atoms with Gasteiger partial charge in [0, 0.05) is 5.54 Å². The first-order chi connectivity index (χ1) is 6.53. The van der Waals surface area contributed by atoms with Crippen LogP contribution in [0.2, 0.25) is 0 Å². The van der Waals surface area contributed by atoms with Crippen molar-refractivity contribution < 1.29 is 0 Å². The summed E-state index contributed by atoms with van der Waals surface area (Å²) in [5.41, 5.74) is 5.50. The Morgan fingerprint density at radius 2 is 2.07 bits per heavy atom. The van der Waals surface area contributed by atoms with Crippen LogP contribution >= 0.6 is 0 Å². The molecular weight excluding hydrogens is 176 g/mol. The number of nitrogens with one attached hydrogen (secondary N) is 1. The first-order valence-corrected chi connectivity index (χ1v) is 4.91. The highest BCUT2D eigenvalue weighted by molar-refractivity contribution is 5.40. The van der Waals surface area contributed by atoms with Crippen LogP contribution in [0.1, 0.15) is 33.6 Å². The van der Waals surface area contributed by atoms with Crippen LogP contribution in [-0.4, -0.2) is 15.7 Å². The summed E-state index contributed by atoms with van der Waals surface area (Å²) in [6, 6.07) is 3.59. The topological polar surface area (TPSA) is 63.8 Å². The normalized spacial score (nSPS) is 11.4. The van der Waals surface area contributed by atoms with E-state index in [0.717, 1.165) is 18.7 Å². The maximum absolute atomic E-state index is 5.45. The molecule has 0 spiro atoms. The molecule has 0 amide bonds. The molecular formula is C10H18N4. The van der Waals surface area contributed by atoms with E-state index >= 15 is 0 Å². The van der Waals surface area contributed by atoms with Gasteiger partial charge in [-0.15, -0.1) is 10.2 Å². The summed E-state index contributed by atoms with van der Waals surface area (Å²) in [5, 5.41) is 11.1.